The number of nitro groups is 2. The topological polar surface area (TPSA) is 228 Å². The van der Waals surface area contributed by atoms with Gasteiger partial charge in [0.05, 0.1) is 28.4 Å². The van der Waals surface area contributed by atoms with Gasteiger partial charge in [-0.1, -0.05) is 46.4 Å². The summed E-state index contributed by atoms with van der Waals surface area (Å²) in [6, 6.07) is 8.62. The summed E-state index contributed by atoms with van der Waals surface area (Å²) in [5.74, 6) is -1.57. The molecule has 0 radical (unpaired) electrons. The van der Waals surface area contributed by atoms with Gasteiger partial charge in [-0.2, -0.15) is 0 Å². The first kappa shape index (κ1) is 50.7. The number of benzene rings is 3. The number of nitro benzene ring substituents is 2. The van der Waals surface area contributed by atoms with Crippen LogP contribution < -0.4 is 16.4 Å². The molecule has 3 aromatic carbocycles. The fraction of sp³-hybridized carbons (Fsp3) is 0.323. The molecule has 1 aliphatic heterocycles. The number of fused-ring (bicyclic) bond motifs is 1. The first-order valence-electron chi connectivity index (χ1n) is 14.7. The van der Waals surface area contributed by atoms with Crippen molar-refractivity contribution < 1.29 is 51.5 Å². The predicted octanol–water partition coefficient (Wildman–Crippen LogP) is 10.2. The first-order valence-corrected chi connectivity index (χ1v) is 18.6. The average Bonchev–Trinajstić information content (AvgIpc) is 3.12. The van der Waals surface area contributed by atoms with Crippen molar-refractivity contribution in [1.29, 1.82) is 0 Å². The van der Waals surface area contributed by atoms with Crippen molar-refractivity contribution in [2.24, 2.45) is 5.73 Å². The minimum Gasteiger partial charge on any atom is -0.481 e. The van der Waals surface area contributed by atoms with Crippen LogP contribution in [0, 0.1) is 20.2 Å². The van der Waals surface area contributed by atoms with Gasteiger partial charge in [-0.15, -0.1) is 0 Å². The minimum absolute atomic E-state index is 0. The van der Waals surface area contributed by atoms with Crippen LogP contribution >= 0.6 is 94.2 Å². The Labute approximate surface area is 360 Å². The maximum Gasteiger partial charge on any atom is 0.305 e. The molecule has 0 aliphatic carbocycles. The van der Waals surface area contributed by atoms with Crippen LogP contribution in [0.15, 0.2) is 49.8 Å². The number of nitrogens with one attached hydrogen (secondary N) is 2. The number of carbonyl (C=O) groups excluding carboxylic acids is 1. The van der Waals surface area contributed by atoms with Crippen LogP contribution in [0.25, 0.3) is 0 Å². The van der Waals surface area contributed by atoms with Crippen molar-refractivity contribution in [1.82, 2.24) is 0 Å². The molecule has 53 heavy (non-hydrogen) atoms. The number of nitrogens with two attached hydrogens (primary N) is 1. The number of Topliss-reactive ketones (excluding diaryl/α,β-unsaturated/α-hetero) is 1. The van der Waals surface area contributed by atoms with Crippen LogP contribution in [0.2, 0.25) is 20.1 Å². The number of nitrogens with zero attached hydrogens (tertiary/aromatic N) is 2. The zero-order chi connectivity index (χ0) is 40.0. The second-order valence-electron chi connectivity index (χ2n) is 11.1. The molecule has 292 valence electrons. The van der Waals surface area contributed by atoms with Crippen LogP contribution in [-0.4, -0.2) is 55.9 Å². The predicted molar refractivity (Wildman–Crippen MR) is 213 cm³/mol. The van der Waals surface area contributed by atoms with Gasteiger partial charge in [0.2, 0.25) is 0 Å². The van der Waals surface area contributed by atoms with E-state index in [0.717, 1.165) is 15.7 Å². The summed E-state index contributed by atoms with van der Waals surface area (Å²) in [4.78, 5) is 52.0. The maximum absolute atomic E-state index is 11.6. The molecule has 0 fully saturated rings. The number of carbonyl (C=O) groups is 3. The van der Waals surface area contributed by atoms with Gasteiger partial charge in [-0.25, -0.2) is 0 Å². The zero-order valence-corrected chi connectivity index (χ0v) is 36.6. The van der Waals surface area contributed by atoms with Gasteiger partial charge >= 0.3 is 11.9 Å². The molecule has 4 rings (SSSR count). The SMILES string of the molecule is C[C@@H](N)CC(=O)O.C[C@@H]1CC(=O)Cc2cc(Cl)cc(Br)c2N1.C[C@H](CC(=O)O)Nc1c(Br)cc(Cl)cc1[N+](=O)[O-].O=[N+]([O-])c1cc(Cl)cc(Br)c1Cl.[Fe]. The van der Waals surface area contributed by atoms with Crippen LogP contribution in [0.3, 0.4) is 0 Å². The van der Waals surface area contributed by atoms with Crippen LogP contribution in [0.1, 0.15) is 45.6 Å². The van der Waals surface area contributed by atoms with E-state index in [1.165, 1.54) is 24.3 Å². The van der Waals surface area contributed by atoms with E-state index in [1.807, 2.05) is 19.1 Å². The fourth-order valence-electron chi connectivity index (χ4n) is 4.21. The Kier molecular flexibility index (Phi) is 23.3. The summed E-state index contributed by atoms with van der Waals surface area (Å²) in [6.45, 7) is 5.29. The number of ketones is 1. The Balaban J connectivity index is 0.000000706. The van der Waals surface area contributed by atoms with E-state index < -0.39 is 27.8 Å². The third-order valence-electron chi connectivity index (χ3n) is 6.22. The van der Waals surface area contributed by atoms with E-state index in [-0.39, 0.29) is 79.9 Å². The molecule has 1 heterocycles. The normalized spacial score (nSPS) is 13.9. The fourth-order valence-corrected chi connectivity index (χ4v) is 7.08. The number of carboxylic acid groups (broad SMARTS) is 2. The number of carboxylic acids is 2. The van der Waals surface area contributed by atoms with Gasteiger partial charge in [-0.3, -0.25) is 34.6 Å². The van der Waals surface area contributed by atoms with E-state index in [9.17, 15) is 34.6 Å². The average molecular weight is 1060 g/mol. The van der Waals surface area contributed by atoms with E-state index in [0.29, 0.717) is 26.8 Å². The number of halogens is 7. The van der Waals surface area contributed by atoms with Gasteiger partial charge < -0.3 is 26.6 Å². The molecular formula is C31H32Br3Cl4FeN5O9. The smallest absolute Gasteiger partial charge is 0.305 e. The molecule has 0 unspecified atom stereocenters. The molecule has 0 saturated carbocycles. The van der Waals surface area contributed by atoms with Crippen molar-refractivity contribution in [2.75, 3.05) is 10.6 Å². The number of rotatable bonds is 8. The largest absolute Gasteiger partial charge is 0.481 e. The van der Waals surface area contributed by atoms with E-state index in [2.05, 4.69) is 58.4 Å². The van der Waals surface area contributed by atoms with Crippen molar-refractivity contribution in [2.45, 2.75) is 64.6 Å². The molecular weight excluding hydrogens is 1020 g/mol. The third kappa shape index (κ3) is 18.8. The minimum atomic E-state index is -0.984. The van der Waals surface area contributed by atoms with Crippen molar-refractivity contribution >= 4 is 135 Å². The van der Waals surface area contributed by atoms with E-state index in [4.69, 9.17) is 62.4 Å². The Bertz CT molecular complexity index is 1810. The van der Waals surface area contributed by atoms with Crippen LogP contribution in [0.4, 0.5) is 22.7 Å². The van der Waals surface area contributed by atoms with E-state index in [1.54, 1.807) is 13.8 Å². The van der Waals surface area contributed by atoms with Crippen LogP contribution in [0.5, 0.6) is 0 Å². The van der Waals surface area contributed by atoms with Gasteiger partial charge in [0.1, 0.15) is 16.5 Å². The number of hydrogen-bond acceptors (Lipinski definition) is 10. The van der Waals surface area contributed by atoms with Crippen molar-refractivity contribution in [3.8, 4) is 0 Å². The first-order chi connectivity index (χ1) is 24.0. The standard InChI is InChI=1S/C11H11BrClNO.C10H10BrClN2O4.C6H2BrCl2NO2.C4H9NO2.Fe/c1-6-2-9(15)4-7-3-8(13)5-10(12)11(7)14-6;1-5(2-9(15)16)13-10-7(11)3-6(12)4-8(10)14(17)18;7-4-1-3(8)2-5(6(4)9)10(11)12;1-3(5)2-4(6)7;/h3,5-6,14H,2,4H2,1H3;3-5,13H,2H2,1H3,(H,15,16);1-2H;3H,2,5H2,1H3,(H,6,7);/t6-;5-;;3-;/m11.1./s1. The quantitative estimate of drug-likeness (QED) is 0.0615. The number of anilines is 2. The Morgan fingerprint density at radius 2 is 1.36 bits per heavy atom. The molecule has 1 aliphatic rings. The summed E-state index contributed by atoms with van der Waals surface area (Å²) >= 11 is 32.5. The molecule has 14 nitrogen and oxygen atoms in total. The monoisotopic (exact) mass is 1050 g/mol. The third-order valence-corrected chi connectivity index (χ3v) is 9.37. The van der Waals surface area contributed by atoms with E-state index >= 15 is 0 Å². The summed E-state index contributed by atoms with van der Waals surface area (Å²) in [7, 11) is 0. The summed E-state index contributed by atoms with van der Waals surface area (Å²) in [6.07, 6.45) is 0.941. The number of hydrogen-bond donors (Lipinski definition) is 5. The number of aliphatic carboxylic acids is 2. The summed E-state index contributed by atoms with van der Waals surface area (Å²) < 4.78 is 1.76. The maximum atomic E-state index is 11.6. The van der Waals surface area contributed by atoms with Gasteiger partial charge in [0.25, 0.3) is 11.4 Å². The van der Waals surface area contributed by atoms with Crippen LogP contribution in [-0.2, 0) is 37.9 Å². The van der Waals surface area contributed by atoms with Gasteiger partial charge in [0, 0.05) is 88.7 Å². The van der Waals surface area contributed by atoms with Gasteiger partial charge in [0.15, 0.2) is 0 Å². The molecule has 3 atom stereocenters. The molecule has 0 amide bonds. The summed E-state index contributed by atoms with van der Waals surface area (Å²) in [5.41, 5.74) is 6.91. The molecule has 0 bridgehead atoms. The molecule has 3 aromatic rings. The van der Waals surface area contributed by atoms with Gasteiger partial charge in [-0.05, 0) is 98.4 Å². The molecule has 0 aromatic heterocycles. The molecule has 0 spiro atoms. The van der Waals surface area contributed by atoms with Crippen molar-refractivity contribution in [3.63, 3.8) is 0 Å². The van der Waals surface area contributed by atoms with Crippen molar-refractivity contribution in [3.05, 3.63) is 95.7 Å². The Hall–Kier alpha value is -2.25. The molecule has 22 heteroatoms. The zero-order valence-electron chi connectivity index (χ0n) is 27.7. The molecule has 6 N–H and O–H groups in total. The molecule has 0 saturated heterocycles. The second kappa shape index (κ2) is 24.3. The second-order valence-corrected chi connectivity index (χ2v) is 15.4. The Morgan fingerprint density at radius 1 is 0.887 bits per heavy atom. The Morgan fingerprint density at radius 3 is 1.83 bits per heavy atom. The summed E-state index contributed by atoms with van der Waals surface area (Å²) in [5, 5.41) is 45.3.